The number of para-hydroxylation sites is 1. The van der Waals surface area contributed by atoms with Gasteiger partial charge in [-0.25, -0.2) is 9.78 Å². The average molecular weight is 343 g/mol. The van der Waals surface area contributed by atoms with E-state index in [1.165, 1.54) is 24.7 Å². The summed E-state index contributed by atoms with van der Waals surface area (Å²) in [5.74, 6) is -1.57. The van der Waals surface area contributed by atoms with Gasteiger partial charge in [-0.15, -0.1) is 11.3 Å². The Morgan fingerprint density at radius 3 is 2.83 bits per heavy atom. The molecule has 0 unspecified atom stereocenters. The lowest BCUT2D eigenvalue weighted by Gasteiger charge is -2.01. The van der Waals surface area contributed by atoms with Crippen LogP contribution < -0.4 is 0 Å². The van der Waals surface area contributed by atoms with Crippen LogP contribution in [0, 0.1) is 0 Å². The van der Waals surface area contributed by atoms with Gasteiger partial charge in [-0.3, -0.25) is 4.79 Å². The minimum Gasteiger partial charge on any atom is -0.481 e. The molecule has 0 atom stereocenters. The summed E-state index contributed by atoms with van der Waals surface area (Å²) >= 11 is 1.40. The van der Waals surface area contributed by atoms with E-state index in [1.54, 1.807) is 12.1 Å². The smallest absolute Gasteiger partial charge is 0.374 e. The number of hydrogen-bond donors (Lipinski definition) is 1. The predicted molar refractivity (Wildman–Crippen MR) is 89.8 cm³/mol. The number of hydrogen-bond acceptors (Lipinski definition) is 6. The van der Waals surface area contributed by atoms with Gasteiger partial charge in [-0.2, -0.15) is 0 Å². The number of benzene rings is 1. The number of fused-ring (bicyclic) bond motifs is 1. The predicted octanol–water partition coefficient (Wildman–Crippen LogP) is 3.69. The molecule has 2 aromatic heterocycles. The summed E-state index contributed by atoms with van der Waals surface area (Å²) in [5, 5.41) is 9.79. The first-order valence-corrected chi connectivity index (χ1v) is 7.84. The first-order valence-electron chi connectivity index (χ1n) is 7.02. The highest BCUT2D eigenvalue weighted by Gasteiger charge is 2.18. The molecule has 1 aromatic carbocycles. The minimum atomic E-state index is -0.983. The number of nitrogens with zero attached hydrogens (tertiary/aromatic N) is 1. The summed E-state index contributed by atoms with van der Waals surface area (Å²) in [6, 6.07) is 9.15. The number of carboxylic acids is 1. The topological polar surface area (TPSA) is 89.6 Å². The van der Waals surface area contributed by atoms with Crippen molar-refractivity contribution in [3.63, 3.8) is 0 Å². The number of carbonyl (C=O) groups is 2. The van der Waals surface area contributed by atoms with Gasteiger partial charge in [0.05, 0.1) is 30.0 Å². The Hall–Kier alpha value is -2.93. The molecule has 0 aliphatic heterocycles. The van der Waals surface area contributed by atoms with Crippen molar-refractivity contribution in [2.24, 2.45) is 0 Å². The standard InChI is InChI=1S/C17H13NO5S/c1-22-17(21)15-10(6-7-23-15)8-11(9-14(19)20)16-18-12-4-2-3-5-13(12)24-16/h2-8H,9H2,1H3,(H,19,20). The Morgan fingerprint density at radius 2 is 2.12 bits per heavy atom. The summed E-state index contributed by atoms with van der Waals surface area (Å²) < 4.78 is 10.8. The molecule has 0 spiro atoms. The number of aromatic nitrogens is 1. The molecule has 0 aliphatic carbocycles. The third-order valence-electron chi connectivity index (χ3n) is 3.31. The minimum absolute atomic E-state index is 0.0292. The molecule has 3 aromatic rings. The van der Waals surface area contributed by atoms with Gasteiger partial charge in [-0.1, -0.05) is 12.1 Å². The van der Waals surface area contributed by atoms with Gasteiger partial charge in [0.25, 0.3) is 0 Å². The third-order valence-corrected chi connectivity index (χ3v) is 4.42. The van der Waals surface area contributed by atoms with Crippen molar-refractivity contribution in [1.82, 2.24) is 4.98 Å². The molecule has 0 fully saturated rings. The van der Waals surface area contributed by atoms with E-state index in [-0.39, 0.29) is 12.2 Å². The van der Waals surface area contributed by atoms with Crippen molar-refractivity contribution < 1.29 is 23.8 Å². The van der Waals surface area contributed by atoms with Gasteiger partial charge < -0.3 is 14.3 Å². The molecular weight excluding hydrogens is 330 g/mol. The number of carbonyl (C=O) groups excluding carboxylic acids is 1. The van der Waals surface area contributed by atoms with Crippen LogP contribution in [0.1, 0.15) is 27.5 Å². The molecule has 0 saturated heterocycles. The van der Waals surface area contributed by atoms with Crippen LogP contribution in [0.25, 0.3) is 21.9 Å². The van der Waals surface area contributed by atoms with E-state index in [4.69, 9.17) is 4.42 Å². The molecule has 7 heteroatoms. The van der Waals surface area contributed by atoms with E-state index >= 15 is 0 Å². The number of rotatable bonds is 5. The van der Waals surface area contributed by atoms with E-state index in [0.717, 1.165) is 10.2 Å². The molecule has 0 amide bonds. The number of methoxy groups -OCH3 is 1. The van der Waals surface area contributed by atoms with Gasteiger partial charge in [0.15, 0.2) is 0 Å². The second-order valence-corrected chi connectivity index (χ2v) is 5.95. The van der Waals surface area contributed by atoms with Crippen LogP contribution in [-0.4, -0.2) is 29.1 Å². The number of thiazole rings is 1. The zero-order valence-electron chi connectivity index (χ0n) is 12.7. The van der Waals surface area contributed by atoms with Crippen LogP contribution in [-0.2, 0) is 9.53 Å². The lowest BCUT2D eigenvalue weighted by molar-refractivity contribution is -0.135. The Labute approximate surface area is 141 Å². The highest BCUT2D eigenvalue weighted by atomic mass is 32.1. The number of aliphatic carboxylic acids is 1. The molecule has 0 bridgehead atoms. The van der Waals surface area contributed by atoms with Crippen LogP contribution >= 0.6 is 11.3 Å². The Balaban J connectivity index is 2.08. The quantitative estimate of drug-likeness (QED) is 0.711. The fraction of sp³-hybridized carbons (Fsp3) is 0.118. The van der Waals surface area contributed by atoms with Crippen molar-refractivity contribution in [3.8, 4) is 0 Å². The zero-order valence-corrected chi connectivity index (χ0v) is 13.5. The molecular formula is C17H13NO5S. The molecule has 0 aliphatic rings. The van der Waals surface area contributed by atoms with Gasteiger partial charge in [0.1, 0.15) is 5.01 Å². The van der Waals surface area contributed by atoms with Crippen LogP contribution in [0.15, 0.2) is 41.0 Å². The maximum absolute atomic E-state index is 11.7. The van der Waals surface area contributed by atoms with Gasteiger partial charge >= 0.3 is 11.9 Å². The zero-order chi connectivity index (χ0) is 17.1. The lowest BCUT2D eigenvalue weighted by Crippen LogP contribution is -2.02. The van der Waals surface area contributed by atoms with Gasteiger partial charge in [0.2, 0.25) is 5.76 Å². The summed E-state index contributed by atoms with van der Waals surface area (Å²) in [6.45, 7) is 0. The molecule has 2 heterocycles. The fourth-order valence-corrected chi connectivity index (χ4v) is 3.22. The van der Waals surface area contributed by atoms with Crippen molar-refractivity contribution in [2.45, 2.75) is 6.42 Å². The van der Waals surface area contributed by atoms with Crippen LogP contribution in [0.3, 0.4) is 0 Å². The SMILES string of the molecule is COC(=O)c1occc1C=C(CC(=O)O)c1nc2ccccc2s1. The summed E-state index contributed by atoms with van der Waals surface area (Å²) in [4.78, 5) is 27.4. The maximum atomic E-state index is 11.7. The molecule has 1 N–H and O–H groups in total. The monoisotopic (exact) mass is 343 g/mol. The second-order valence-electron chi connectivity index (χ2n) is 4.92. The van der Waals surface area contributed by atoms with Crippen molar-refractivity contribution >= 4 is 45.1 Å². The number of esters is 1. The van der Waals surface area contributed by atoms with Crippen LogP contribution in [0.2, 0.25) is 0 Å². The van der Waals surface area contributed by atoms with Crippen molar-refractivity contribution in [3.05, 3.63) is 52.9 Å². The normalized spacial score (nSPS) is 11.6. The fourth-order valence-electron chi connectivity index (χ4n) is 2.24. The molecule has 6 nitrogen and oxygen atoms in total. The molecule has 0 radical (unpaired) electrons. The molecule has 122 valence electrons. The van der Waals surface area contributed by atoms with E-state index < -0.39 is 11.9 Å². The number of ether oxygens (including phenoxy) is 1. The highest BCUT2D eigenvalue weighted by molar-refractivity contribution is 7.19. The molecule has 24 heavy (non-hydrogen) atoms. The van der Waals surface area contributed by atoms with Crippen LogP contribution in [0.4, 0.5) is 0 Å². The molecule has 3 rings (SSSR count). The lowest BCUT2D eigenvalue weighted by atomic mass is 10.1. The first kappa shape index (κ1) is 15.9. The van der Waals surface area contributed by atoms with Gasteiger partial charge in [-0.05, 0) is 29.8 Å². The molecule has 0 saturated carbocycles. The Morgan fingerprint density at radius 1 is 1.33 bits per heavy atom. The van der Waals surface area contributed by atoms with E-state index in [9.17, 15) is 14.7 Å². The van der Waals surface area contributed by atoms with Crippen molar-refractivity contribution in [1.29, 1.82) is 0 Å². The maximum Gasteiger partial charge on any atom is 0.374 e. The Bertz CT molecular complexity index is 904. The highest BCUT2D eigenvalue weighted by Crippen LogP contribution is 2.31. The first-order chi connectivity index (χ1) is 11.6. The van der Waals surface area contributed by atoms with E-state index in [2.05, 4.69) is 9.72 Å². The van der Waals surface area contributed by atoms with Crippen molar-refractivity contribution in [2.75, 3.05) is 7.11 Å². The summed E-state index contributed by atoms with van der Waals surface area (Å²) in [7, 11) is 1.25. The summed E-state index contributed by atoms with van der Waals surface area (Å²) in [6.07, 6.45) is 2.74. The third kappa shape index (κ3) is 3.21. The van der Waals surface area contributed by atoms with E-state index in [1.807, 2.05) is 24.3 Å². The average Bonchev–Trinajstić information content (AvgIpc) is 3.19. The largest absolute Gasteiger partial charge is 0.481 e. The second kappa shape index (κ2) is 6.67. The van der Waals surface area contributed by atoms with Gasteiger partial charge in [0, 0.05) is 5.56 Å². The van der Waals surface area contributed by atoms with E-state index in [0.29, 0.717) is 16.1 Å². The number of carboxylic acid groups (broad SMARTS) is 1. The number of furan rings is 1. The Kier molecular flexibility index (Phi) is 4.43. The van der Waals surface area contributed by atoms with Crippen LogP contribution in [0.5, 0.6) is 0 Å². The summed E-state index contributed by atoms with van der Waals surface area (Å²) in [5.41, 5.74) is 1.75.